The first-order valence-electron chi connectivity index (χ1n) is 7.77. The number of rotatable bonds is 6. The molecule has 21 heavy (non-hydrogen) atoms. The van der Waals surface area contributed by atoms with Crippen molar-refractivity contribution in [3.63, 3.8) is 0 Å². The van der Waals surface area contributed by atoms with Crippen LogP contribution in [-0.4, -0.2) is 26.4 Å². The Bertz CT molecular complexity index is 484. The van der Waals surface area contributed by atoms with Crippen molar-refractivity contribution in [2.75, 3.05) is 20.3 Å². The molecule has 0 amide bonds. The molecule has 1 heterocycles. The minimum atomic E-state index is 0.268. The van der Waals surface area contributed by atoms with Crippen LogP contribution in [0, 0.1) is 13.8 Å². The summed E-state index contributed by atoms with van der Waals surface area (Å²) in [5.41, 5.74) is 3.68. The zero-order valence-electron chi connectivity index (χ0n) is 13.5. The highest BCUT2D eigenvalue weighted by Crippen LogP contribution is 2.38. The molecule has 0 bridgehead atoms. The van der Waals surface area contributed by atoms with Gasteiger partial charge in [-0.15, -0.1) is 0 Å². The van der Waals surface area contributed by atoms with Gasteiger partial charge < -0.3 is 14.8 Å². The van der Waals surface area contributed by atoms with Crippen LogP contribution in [0.3, 0.4) is 0 Å². The highest BCUT2D eigenvalue weighted by atomic mass is 79.9. The van der Waals surface area contributed by atoms with Gasteiger partial charge in [0.1, 0.15) is 5.75 Å². The second-order valence-electron chi connectivity index (χ2n) is 5.73. The molecule has 1 aromatic rings. The van der Waals surface area contributed by atoms with Crippen LogP contribution in [0.15, 0.2) is 10.5 Å². The number of hydrogen-bond donors (Lipinski definition) is 1. The van der Waals surface area contributed by atoms with E-state index in [4.69, 9.17) is 9.47 Å². The van der Waals surface area contributed by atoms with Gasteiger partial charge in [-0.2, -0.15) is 0 Å². The van der Waals surface area contributed by atoms with Crippen molar-refractivity contribution >= 4 is 15.9 Å². The second-order valence-corrected chi connectivity index (χ2v) is 6.58. The lowest BCUT2D eigenvalue weighted by Crippen LogP contribution is -2.26. The van der Waals surface area contributed by atoms with E-state index in [-0.39, 0.29) is 6.04 Å². The van der Waals surface area contributed by atoms with E-state index in [1.54, 1.807) is 7.11 Å². The maximum absolute atomic E-state index is 5.83. The monoisotopic (exact) mass is 355 g/mol. The van der Waals surface area contributed by atoms with Crippen LogP contribution in [0.2, 0.25) is 0 Å². The highest BCUT2D eigenvalue weighted by Gasteiger charge is 2.26. The van der Waals surface area contributed by atoms with Gasteiger partial charge in [0, 0.05) is 22.7 Å². The van der Waals surface area contributed by atoms with E-state index in [1.807, 2.05) is 0 Å². The summed E-state index contributed by atoms with van der Waals surface area (Å²) in [4.78, 5) is 0. The summed E-state index contributed by atoms with van der Waals surface area (Å²) in [6.07, 6.45) is 3.70. The second kappa shape index (κ2) is 7.61. The highest BCUT2D eigenvalue weighted by molar-refractivity contribution is 9.10. The molecule has 2 rings (SSSR count). The number of nitrogens with one attached hydrogen (secondary N) is 1. The average molecular weight is 356 g/mol. The third-order valence-corrected chi connectivity index (χ3v) is 5.06. The topological polar surface area (TPSA) is 30.5 Å². The lowest BCUT2D eigenvalue weighted by atomic mass is 9.92. The Labute approximate surface area is 136 Å². The molecule has 2 unspecified atom stereocenters. The van der Waals surface area contributed by atoms with E-state index < -0.39 is 0 Å². The molecule has 0 aromatic heterocycles. The Balaban J connectivity index is 2.37. The number of benzene rings is 1. The normalized spacial score (nSPS) is 19.8. The van der Waals surface area contributed by atoms with Crippen molar-refractivity contribution in [3.05, 3.63) is 27.2 Å². The number of halogens is 1. The third kappa shape index (κ3) is 3.79. The lowest BCUT2D eigenvalue weighted by Gasteiger charge is -2.26. The summed E-state index contributed by atoms with van der Waals surface area (Å²) in [7, 11) is 1.76. The van der Waals surface area contributed by atoms with E-state index in [2.05, 4.69) is 48.1 Å². The molecule has 1 aliphatic rings. The van der Waals surface area contributed by atoms with Crippen LogP contribution in [0.25, 0.3) is 0 Å². The van der Waals surface area contributed by atoms with E-state index in [0.29, 0.717) is 6.10 Å². The van der Waals surface area contributed by atoms with Gasteiger partial charge in [-0.1, -0.05) is 22.9 Å². The molecule has 118 valence electrons. The fourth-order valence-corrected chi connectivity index (χ4v) is 3.77. The van der Waals surface area contributed by atoms with E-state index in [1.165, 1.54) is 23.1 Å². The first-order valence-corrected chi connectivity index (χ1v) is 8.56. The summed E-state index contributed by atoms with van der Waals surface area (Å²) in [5, 5.41) is 3.61. The van der Waals surface area contributed by atoms with Gasteiger partial charge in [0.05, 0.1) is 13.2 Å². The molecular formula is C17H26BrNO2. The van der Waals surface area contributed by atoms with Crippen LogP contribution < -0.4 is 10.1 Å². The molecule has 2 atom stereocenters. The molecule has 1 aromatic carbocycles. The van der Waals surface area contributed by atoms with Gasteiger partial charge in [-0.05, 0) is 56.8 Å². The minimum absolute atomic E-state index is 0.268. The molecule has 0 saturated carbocycles. The minimum Gasteiger partial charge on any atom is -0.496 e. The fraction of sp³-hybridized carbons (Fsp3) is 0.647. The fourth-order valence-electron chi connectivity index (χ4n) is 3.21. The maximum atomic E-state index is 5.83. The molecular weight excluding hydrogens is 330 g/mol. The van der Waals surface area contributed by atoms with Crippen molar-refractivity contribution in [3.8, 4) is 5.75 Å². The van der Waals surface area contributed by atoms with Gasteiger partial charge in [-0.25, -0.2) is 0 Å². The summed E-state index contributed by atoms with van der Waals surface area (Å²) in [6, 6.07) is 2.40. The molecule has 3 nitrogen and oxygen atoms in total. The van der Waals surface area contributed by atoms with Crippen LogP contribution in [0.5, 0.6) is 5.75 Å². The van der Waals surface area contributed by atoms with Gasteiger partial charge >= 0.3 is 0 Å². The summed E-state index contributed by atoms with van der Waals surface area (Å²) < 4.78 is 12.7. The van der Waals surface area contributed by atoms with Gasteiger partial charge in [0.15, 0.2) is 0 Å². The standard InChI is InChI=1S/C17H26BrNO2/c1-5-19-15(10-13-7-6-8-21-13)16-12(3)14(18)9-11(2)17(16)20-4/h9,13,15,19H,5-8,10H2,1-4H3. The number of hydrogen-bond acceptors (Lipinski definition) is 3. The van der Waals surface area contributed by atoms with Crippen molar-refractivity contribution in [2.45, 2.75) is 52.2 Å². The van der Waals surface area contributed by atoms with Crippen molar-refractivity contribution in [1.82, 2.24) is 5.32 Å². The molecule has 1 aliphatic heterocycles. The molecule has 1 saturated heterocycles. The molecule has 0 radical (unpaired) electrons. The molecule has 1 N–H and O–H groups in total. The van der Waals surface area contributed by atoms with E-state index in [0.717, 1.165) is 36.2 Å². The number of ether oxygens (including phenoxy) is 2. The first-order chi connectivity index (χ1) is 10.1. The number of aryl methyl sites for hydroxylation is 1. The van der Waals surface area contributed by atoms with Crippen molar-refractivity contribution < 1.29 is 9.47 Å². The first kappa shape index (κ1) is 16.8. The predicted octanol–water partition coefficient (Wildman–Crippen LogP) is 4.29. The molecule has 0 spiro atoms. The van der Waals surface area contributed by atoms with E-state index in [9.17, 15) is 0 Å². The molecule has 4 heteroatoms. The summed E-state index contributed by atoms with van der Waals surface area (Å²) >= 11 is 3.68. The van der Waals surface area contributed by atoms with Crippen molar-refractivity contribution in [1.29, 1.82) is 0 Å². The van der Waals surface area contributed by atoms with Crippen LogP contribution in [-0.2, 0) is 4.74 Å². The average Bonchev–Trinajstić information content (AvgIpc) is 2.95. The summed E-state index contributed by atoms with van der Waals surface area (Å²) in [5.74, 6) is 1.000. The zero-order chi connectivity index (χ0) is 15.4. The zero-order valence-corrected chi connectivity index (χ0v) is 15.0. The smallest absolute Gasteiger partial charge is 0.126 e. The Morgan fingerprint density at radius 2 is 2.24 bits per heavy atom. The Hall–Kier alpha value is -0.580. The lowest BCUT2D eigenvalue weighted by molar-refractivity contribution is 0.0944. The largest absolute Gasteiger partial charge is 0.496 e. The van der Waals surface area contributed by atoms with Gasteiger partial charge in [0.2, 0.25) is 0 Å². The van der Waals surface area contributed by atoms with E-state index >= 15 is 0 Å². The molecule has 0 aliphatic carbocycles. The Kier molecular flexibility index (Phi) is 6.08. The van der Waals surface area contributed by atoms with Gasteiger partial charge in [0.25, 0.3) is 0 Å². The quantitative estimate of drug-likeness (QED) is 0.825. The maximum Gasteiger partial charge on any atom is 0.126 e. The van der Waals surface area contributed by atoms with Crippen LogP contribution >= 0.6 is 15.9 Å². The van der Waals surface area contributed by atoms with Crippen molar-refractivity contribution in [2.24, 2.45) is 0 Å². The summed E-state index contributed by atoms with van der Waals surface area (Å²) in [6.45, 7) is 8.24. The third-order valence-electron chi connectivity index (χ3n) is 4.23. The van der Waals surface area contributed by atoms with Gasteiger partial charge in [-0.3, -0.25) is 0 Å². The Morgan fingerprint density at radius 1 is 1.48 bits per heavy atom. The van der Waals surface area contributed by atoms with Crippen LogP contribution in [0.4, 0.5) is 0 Å². The number of methoxy groups -OCH3 is 1. The SMILES string of the molecule is CCNC(CC1CCCO1)c1c(C)c(Br)cc(C)c1OC. The molecule has 1 fully saturated rings. The van der Waals surface area contributed by atoms with Crippen LogP contribution in [0.1, 0.15) is 48.9 Å². The predicted molar refractivity (Wildman–Crippen MR) is 90.2 cm³/mol. The Morgan fingerprint density at radius 3 is 2.81 bits per heavy atom.